The molecule has 4 N–H and O–H groups in total. The summed E-state index contributed by atoms with van der Waals surface area (Å²) in [6.45, 7) is 2.78. The average molecular weight is 311 g/mol. The van der Waals surface area contributed by atoms with Crippen LogP contribution in [0, 0.1) is 6.92 Å². The lowest BCUT2D eigenvalue weighted by Gasteiger charge is -2.24. The Morgan fingerprint density at radius 3 is 2.48 bits per heavy atom. The standard InChI is InChI=1S/C18H25N5/c1-13-7-9-14(10-8-13)11-20-17-16(19)18(22-12-21-17)23-15-5-3-2-4-6-15/h7-10,12,15H,2-6,11,19H2,1H3,(H2,20,21,22,23). The summed E-state index contributed by atoms with van der Waals surface area (Å²) in [4.78, 5) is 8.59. The zero-order valence-corrected chi connectivity index (χ0v) is 13.7. The number of anilines is 3. The molecule has 1 aromatic carbocycles. The molecule has 1 heterocycles. The van der Waals surface area contributed by atoms with E-state index in [0.29, 0.717) is 24.1 Å². The molecular weight excluding hydrogens is 286 g/mol. The summed E-state index contributed by atoms with van der Waals surface area (Å²) in [7, 11) is 0. The van der Waals surface area contributed by atoms with Gasteiger partial charge in [-0.05, 0) is 25.3 Å². The molecule has 5 nitrogen and oxygen atoms in total. The molecule has 0 aliphatic heterocycles. The second-order valence-electron chi connectivity index (χ2n) is 6.30. The summed E-state index contributed by atoms with van der Waals surface area (Å²) in [5.41, 5.74) is 9.30. The molecule has 122 valence electrons. The minimum absolute atomic E-state index is 0.478. The molecule has 3 rings (SSSR count). The molecule has 0 radical (unpaired) electrons. The Kier molecular flexibility index (Phi) is 4.95. The topological polar surface area (TPSA) is 75.9 Å². The molecule has 1 aromatic heterocycles. The zero-order chi connectivity index (χ0) is 16.1. The van der Waals surface area contributed by atoms with Crippen LogP contribution in [0.1, 0.15) is 43.2 Å². The molecule has 1 saturated carbocycles. The maximum Gasteiger partial charge on any atom is 0.155 e. The van der Waals surface area contributed by atoms with Gasteiger partial charge in [-0.3, -0.25) is 0 Å². The van der Waals surface area contributed by atoms with Gasteiger partial charge in [0.05, 0.1) is 0 Å². The number of nitrogens with zero attached hydrogens (tertiary/aromatic N) is 2. The number of hydrogen-bond donors (Lipinski definition) is 3. The molecule has 5 heteroatoms. The Labute approximate surface area is 137 Å². The first-order valence-electron chi connectivity index (χ1n) is 8.39. The van der Waals surface area contributed by atoms with Gasteiger partial charge in [0.1, 0.15) is 12.0 Å². The summed E-state index contributed by atoms with van der Waals surface area (Å²) in [6, 6.07) is 8.92. The highest BCUT2D eigenvalue weighted by Gasteiger charge is 2.16. The molecule has 0 unspecified atom stereocenters. The monoisotopic (exact) mass is 311 g/mol. The highest BCUT2D eigenvalue weighted by Crippen LogP contribution is 2.27. The van der Waals surface area contributed by atoms with Gasteiger partial charge in [-0.25, -0.2) is 9.97 Å². The van der Waals surface area contributed by atoms with Gasteiger partial charge in [0.15, 0.2) is 11.6 Å². The van der Waals surface area contributed by atoms with E-state index in [-0.39, 0.29) is 0 Å². The molecule has 0 atom stereocenters. The van der Waals surface area contributed by atoms with Crippen LogP contribution < -0.4 is 16.4 Å². The molecule has 23 heavy (non-hydrogen) atoms. The van der Waals surface area contributed by atoms with Crippen molar-refractivity contribution in [3.05, 3.63) is 41.7 Å². The molecular formula is C18H25N5. The maximum atomic E-state index is 6.24. The van der Waals surface area contributed by atoms with Crippen LogP contribution in [-0.4, -0.2) is 16.0 Å². The van der Waals surface area contributed by atoms with Gasteiger partial charge in [0, 0.05) is 12.6 Å². The van der Waals surface area contributed by atoms with Crippen molar-refractivity contribution in [2.24, 2.45) is 0 Å². The second kappa shape index (κ2) is 7.31. The number of nitrogen functional groups attached to an aromatic ring is 1. The first-order chi connectivity index (χ1) is 11.2. The Bertz CT molecular complexity index is 632. The van der Waals surface area contributed by atoms with E-state index >= 15 is 0 Å². The van der Waals surface area contributed by atoms with Crippen molar-refractivity contribution in [2.45, 2.75) is 51.6 Å². The fourth-order valence-electron chi connectivity index (χ4n) is 2.98. The van der Waals surface area contributed by atoms with Crippen molar-refractivity contribution < 1.29 is 0 Å². The van der Waals surface area contributed by atoms with Gasteiger partial charge < -0.3 is 16.4 Å². The Morgan fingerprint density at radius 2 is 1.74 bits per heavy atom. The summed E-state index contributed by atoms with van der Waals surface area (Å²) < 4.78 is 0. The van der Waals surface area contributed by atoms with Crippen LogP contribution >= 0.6 is 0 Å². The highest BCUT2D eigenvalue weighted by molar-refractivity contribution is 5.74. The molecule has 0 saturated heterocycles. The van der Waals surface area contributed by atoms with Crippen molar-refractivity contribution in [1.29, 1.82) is 0 Å². The summed E-state index contributed by atoms with van der Waals surface area (Å²) in [5.74, 6) is 1.44. The molecule has 0 bridgehead atoms. The van der Waals surface area contributed by atoms with E-state index in [9.17, 15) is 0 Å². The minimum Gasteiger partial charge on any atom is -0.393 e. The lowest BCUT2D eigenvalue weighted by atomic mass is 9.95. The van der Waals surface area contributed by atoms with Crippen LogP contribution in [0.4, 0.5) is 17.3 Å². The summed E-state index contributed by atoms with van der Waals surface area (Å²) in [6.07, 6.45) is 7.84. The van der Waals surface area contributed by atoms with Crippen molar-refractivity contribution in [1.82, 2.24) is 9.97 Å². The number of aryl methyl sites for hydroxylation is 1. The van der Waals surface area contributed by atoms with E-state index in [1.807, 2.05) is 0 Å². The summed E-state index contributed by atoms with van der Waals surface area (Å²) >= 11 is 0. The average Bonchev–Trinajstić information content (AvgIpc) is 2.58. The van der Waals surface area contributed by atoms with Gasteiger partial charge in [-0.1, -0.05) is 49.1 Å². The number of benzene rings is 1. The molecule has 2 aromatic rings. The number of aromatic nitrogens is 2. The van der Waals surface area contributed by atoms with E-state index in [4.69, 9.17) is 5.73 Å². The number of nitrogens with two attached hydrogens (primary N) is 1. The van der Waals surface area contributed by atoms with Crippen molar-refractivity contribution in [3.63, 3.8) is 0 Å². The highest BCUT2D eigenvalue weighted by atomic mass is 15.1. The normalized spacial score (nSPS) is 15.3. The SMILES string of the molecule is Cc1ccc(CNc2ncnc(NC3CCCCC3)c2N)cc1. The number of rotatable bonds is 5. The van der Waals surface area contributed by atoms with Gasteiger partial charge in [0.25, 0.3) is 0 Å². The van der Waals surface area contributed by atoms with Gasteiger partial charge in [0.2, 0.25) is 0 Å². The first kappa shape index (κ1) is 15.6. The fourth-order valence-corrected chi connectivity index (χ4v) is 2.98. The number of hydrogen-bond acceptors (Lipinski definition) is 5. The van der Waals surface area contributed by atoms with Crippen LogP contribution in [0.5, 0.6) is 0 Å². The Balaban J connectivity index is 1.65. The third kappa shape index (κ3) is 4.12. The van der Waals surface area contributed by atoms with Gasteiger partial charge in [-0.2, -0.15) is 0 Å². The zero-order valence-electron chi connectivity index (χ0n) is 13.7. The number of nitrogens with one attached hydrogen (secondary N) is 2. The molecule has 1 aliphatic carbocycles. The quantitative estimate of drug-likeness (QED) is 0.784. The van der Waals surface area contributed by atoms with Gasteiger partial charge in [-0.15, -0.1) is 0 Å². The van der Waals surface area contributed by atoms with Crippen molar-refractivity contribution in [3.8, 4) is 0 Å². The van der Waals surface area contributed by atoms with E-state index in [2.05, 4.69) is 51.8 Å². The molecule has 0 amide bonds. The first-order valence-corrected chi connectivity index (χ1v) is 8.39. The van der Waals surface area contributed by atoms with Crippen molar-refractivity contribution >= 4 is 17.3 Å². The molecule has 1 aliphatic rings. The second-order valence-corrected chi connectivity index (χ2v) is 6.30. The lowest BCUT2D eigenvalue weighted by Crippen LogP contribution is -2.23. The van der Waals surface area contributed by atoms with E-state index in [0.717, 1.165) is 5.82 Å². The predicted molar refractivity (Wildman–Crippen MR) is 95.4 cm³/mol. The maximum absolute atomic E-state index is 6.24. The smallest absolute Gasteiger partial charge is 0.155 e. The Morgan fingerprint density at radius 1 is 1.04 bits per heavy atom. The van der Waals surface area contributed by atoms with E-state index in [1.165, 1.54) is 43.2 Å². The van der Waals surface area contributed by atoms with Crippen LogP contribution in [0.25, 0.3) is 0 Å². The lowest BCUT2D eigenvalue weighted by molar-refractivity contribution is 0.462. The Hall–Kier alpha value is -2.30. The van der Waals surface area contributed by atoms with E-state index in [1.54, 1.807) is 6.33 Å². The van der Waals surface area contributed by atoms with Crippen LogP contribution in [-0.2, 0) is 6.54 Å². The third-order valence-electron chi connectivity index (χ3n) is 4.41. The fraction of sp³-hybridized carbons (Fsp3) is 0.444. The van der Waals surface area contributed by atoms with Crippen LogP contribution in [0.3, 0.4) is 0 Å². The van der Waals surface area contributed by atoms with Crippen LogP contribution in [0.15, 0.2) is 30.6 Å². The van der Waals surface area contributed by atoms with Crippen LogP contribution in [0.2, 0.25) is 0 Å². The molecule has 1 fully saturated rings. The molecule has 0 spiro atoms. The van der Waals surface area contributed by atoms with Gasteiger partial charge >= 0.3 is 0 Å². The minimum atomic E-state index is 0.478. The predicted octanol–water partition coefficient (Wildman–Crippen LogP) is 3.72. The largest absolute Gasteiger partial charge is 0.393 e. The third-order valence-corrected chi connectivity index (χ3v) is 4.41. The van der Waals surface area contributed by atoms with Crippen molar-refractivity contribution in [2.75, 3.05) is 16.4 Å². The summed E-state index contributed by atoms with van der Waals surface area (Å²) in [5, 5.41) is 6.79. The van der Waals surface area contributed by atoms with E-state index < -0.39 is 0 Å².